The zero-order chi connectivity index (χ0) is 8.72. The lowest BCUT2D eigenvalue weighted by molar-refractivity contribution is 0.109. The van der Waals surface area contributed by atoms with Crippen LogP contribution in [0.4, 0.5) is 9.59 Å². The van der Waals surface area contributed by atoms with Crippen molar-refractivity contribution < 1.29 is 14.7 Å². The average Bonchev–Trinajstić information content (AvgIpc) is 2.43. The second-order valence-electron chi connectivity index (χ2n) is 2.60. The first-order chi connectivity index (χ1) is 5.72. The van der Waals surface area contributed by atoms with E-state index in [9.17, 15) is 9.59 Å². The molecule has 66 valence electrons. The Labute approximate surface area is 67.7 Å². The molecule has 2 fully saturated rings. The van der Waals surface area contributed by atoms with Crippen molar-refractivity contribution in [1.29, 1.82) is 0 Å². The Morgan fingerprint density at radius 1 is 1.33 bits per heavy atom. The molecule has 2 rings (SSSR count). The normalized spacial score (nSPS) is 32.6. The molecule has 0 aromatic carbocycles. The molecule has 0 bridgehead atoms. The van der Waals surface area contributed by atoms with Crippen molar-refractivity contribution in [2.45, 2.75) is 12.3 Å². The van der Waals surface area contributed by atoms with Crippen LogP contribution in [-0.4, -0.2) is 41.1 Å². The standard InChI is InChI=1S/C5H8N4O3/c10-1-9-3-2(7-5(9)12)6-4(11)8-3/h2-3,10H,1H2,(H,7,12)(H2,6,8,11). The first kappa shape index (κ1) is 7.17. The second kappa shape index (κ2) is 2.24. The van der Waals surface area contributed by atoms with Gasteiger partial charge in [-0.1, -0.05) is 0 Å². The lowest BCUT2D eigenvalue weighted by atomic mass is 10.4. The fourth-order valence-corrected chi connectivity index (χ4v) is 1.35. The third-order valence-corrected chi connectivity index (χ3v) is 1.91. The molecule has 2 saturated heterocycles. The largest absolute Gasteiger partial charge is 0.376 e. The van der Waals surface area contributed by atoms with Crippen LogP contribution < -0.4 is 16.0 Å². The van der Waals surface area contributed by atoms with Crippen LogP contribution in [0.5, 0.6) is 0 Å². The van der Waals surface area contributed by atoms with E-state index in [4.69, 9.17) is 5.11 Å². The van der Waals surface area contributed by atoms with Crippen molar-refractivity contribution in [3.05, 3.63) is 0 Å². The number of amides is 4. The molecule has 2 unspecified atom stereocenters. The maximum Gasteiger partial charge on any atom is 0.322 e. The van der Waals surface area contributed by atoms with Crippen LogP contribution in [0.2, 0.25) is 0 Å². The summed E-state index contributed by atoms with van der Waals surface area (Å²) in [6.07, 6.45) is -0.910. The summed E-state index contributed by atoms with van der Waals surface area (Å²) in [5, 5.41) is 16.2. The zero-order valence-corrected chi connectivity index (χ0v) is 6.07. The number of nitrogens with one attached hydrogen (secondary N) is 3. The van der Waals surface area contributed by atoms with Gasteiger partial charge >= 0.3 is 12.1 Å². The molecule has 2 heterocycles. The third-order valence-electron chi connectivity index (χ3n) is 1.91. The smallest absolute Gasteiger partial charge is 0.322 e. The number of rotatable bonds is 1. The molecule has 4 N–H and O–H groups in total. The van der Waals surface area contributed by atoms with Gasteiger partial charge in [0.2, 0.25) is 0 Å². The summed E-state index contributed by atoms with van der Waals surface area (Å²) in [5.41, 5.74) is 0. The van der Waals surface area contributed by atoms with E-state index in [1.807, 2.05) is 0 Å². The number of hydrogen-bond acceptors (Lipinski definition) is 3. The van der Waals surface area contributed by atoms with E-state index >= 15 is 0 Å². The Kier molecular flexibility index (Phi) is 1.34. The highest BCUT2D eigenvalue weighted by atomic mass is 16.3. The van der Waals surface area contributed by atoms with Crippen LogP contribution in [0.15, 0.2) is 0 Å². The maximum absolute atomic E-state index is 11.0. The SMILES string of the molecule is O=C1NC2NC(=O)N(CO)C2N1. The van der Waals surface area contributed by atoms with E-state index in [-0.39, 0.29) is 12.1 Å². The van der Waals surface area contributed by atoms with E-state index < -0.39 is 19.1 Å². The molecule has 0 saturated carbocycles. The van der Waals surface area contributed by atoms with Crippen LogP contribution in [0.25, 0.3) is 0 Å². The van der Waals surface area contributed by atoms with Gasteiger partial charge in [0.1, 0.15) is 19.1 Å². The number of urea groups is 2. The van der Waals surface area contributed by atoms with Gasteiger partial charge in [0.15, 0.2) is 0 Å². The Morgan fingerprint density at radius 3 is 2.75 bits per heavy atom. The van der Waals surface area contributed by atoms with Crippen molar-refractivity contribution in [2.24, 2.45) is 0 Å². The first-order valence-electron chi connectivity index (χ1n) is 3.47. The fraction of sp³-hybridized carbons (Fsp3) is 0.600. The molecule has 2 aliphatic rings. The maximum atomic E-state index is 11.0. The van der Waals surface area contributed by atoms with Crippen molar-refractivity contribution in [1.82, 2.24) is 20.9 Å². The summed E-state index contributed by atoms with van der Waals surface area (Å²) < 4.78 is 0. The third kappa shape index (κ3) is 0.797. The first-order valence-corrected chi connectivity index (χ1v) is 3.47. The minimum Gasteiger partial charge on any atom is -0.376 e. The molecule has 0 aromatic heterocycles. The Morgan fingerprint density at radius 2 is 2.08 bits per heavy atom. The number of hydrogen-bond donors (Lipinski definition) is 4. The van der Waals surface area contributed by atoms with Crippen molar-refractivity contribution in [3.8, 4) is 0 Å². The van der Waals surface area contributed by atoms with Crippen LogP contribution >= 0.6 is 0 Å². The highest BCUT2D eigenvalue weighted by molar-refractivity contribution is 5.84. The number of fused-ring (bicyclic) bond motifs is 1. The van der Waals surface area contributed by atoms with Crippen molar-refractivity contribution in [2.75, 3.05) is 6.73 Å². The van der Waals surface area contributed by atoms with E-state index in [0.717, 1.165) is 4.90 Å². The predicted molar refractivity (Wildman–Crippen MR) is 36.7 cm³/mol. The summed E-state index contributed by atoms with van der Waals surface area (Å²) in [7, 11) is 0. The summed E-state index contributed by atoms with van der Waals surface area (Å²) >= 11 is 0. The average molecular weight is 172 g/mol. The Bertz CT molecular complexity index is 243. The number of aliphatic hydroxyl groups excluding tert-OH is 1. The highest BCUT2D eigenvalue weighted by Crippen LogP contribution is 2.11. The molecule has 0 radical (unpaired) electrons. The summed E-state index contributed by atoms with van der Waals surface area (Å²) in [6.45, 7) is -0.408. The van der Waals surface area contributed by atoms with Gasteiger partial charge in [0.25, 0.3) is 0 Å². The molecule has 0 aliphatic carbocycles. The van der Waals surface area contributed by atoms with E-state index in [1.54, 1.807) is 0 Å². The highest BCUT2D eigenvalue weighted by Gasteiger charge is 2.44. The molecular formula is C5H8N4O3. The molecule has 7 nitrogen and oxygen atoms in total. The van der Waals surface area contributed by atoms with E-state index in [0.29, 0.717) is 0 Å². The van der Waals surface area contributed by atoms with Gasteiger partial charge in [-0.15, -0.1) is 0 Å². The van der Waals surface area contributed by atoms with Gasteiger partial charge in [0, 0.05) is 0 Å². The summed E-state index contributed by atoms with van der Waals surface area (Å²) in [4.78, 5) is 22.9. The number of carbonyl (C=O) groups excluding carboxylic acids is 2. The zero-order valence-electron chi connectivity index (χ0n) is 6.07. The van der Waals surface area contributed by atoms with Gasteiger partial charge in [0.05, 0.1) is 0 Å². The second-order valence-corrected chi connectivity index (χ2v) is 2.60. The monoisotopic (exact) mass is 172 g/mol. The minimum absolute atomic E-state index is 0.344. The fourth-order valence-electron chi connectivity index (χ4n) is 1.35. The van der Waals surface area contributed by atoms with Gasteiger partial charge < -0.3 is 21.1 Å². The molecule has 0 aromatic rings. The Hall–Kier alpha value is -1.50. The number of carbonyl (C=O) groups is 2. The van der Waals surface area contributed by atoms with E-state index in [1.165, 1.54) is 0 Å². The number of aliphatic hydroxyl groups is 1. The molecule has 2 aliphatic heterocycles. The van der Waals surface area contributed by atoms with Gasteiger partial charge in [-0.25, -0.2) is 9.59 Å². The van der Waals surface area contributed by atoms with Crippen LogP contribution in [0.3, 0.4) is 0 Å². The lowest BCUT2D eigenvalue weighted by Gasteiger charge is -2.17. The van der Waals surface area contributed by atoms with Gasteiger partial charge in [-0.2, -0.15) is 0 Å². The van der Waals surface area contributed by atoms with Crippen molar-refractivity contribution in [3.63, 3.8) is 0 Å². The van der Waals surface area contributed by atoms with Gasteiger partial charge in [-0.3, -0.25) is 4.90 Å². The van der Waals surface area contributed by atoms with Crippen molar-refractivity contribution >= 4 is 12.1 Å². The summed E-state index contributed by atoms with van der Waals surface area (Å²) in [5.74, 6) is 0. The van der Waals surface area contributed by atoms with Crippen LogP contribution in [0.1, 0.15) is 0 Å². The molecule has 2 atom stereocenters. The molecule has 0 spiro atoms. The topological polar surface area (TPSA) is 93.7 Å². The molecule has 7 heteroatoms. The lowest BCUT2D eigenvalue weighted by Crippen LogP contribution is -2.43. The quantitative estimate of drug-likeness (QED) is 0.366. The molecule has 4 amide bonds. The van der Waals surface area contributed by atoms with Crippen LogP contribution in [-0.2, 0) is 0 Å². The van der Waals surface area contributed by atoms with Crippen LogP contribution in [0, 0.1) is 0 Å². The molecular weight excluding hydrogens is 164 g/mol. The van der Waals surface area contributed by atoms with Gasteiger partial charge in [-0.05, 0) is 0 Å². The van der Waals surface area contributed by atoms with E-state index in [2.05, 4.69) is 16.0 Å². The molecule has 12 heavy (non-hydrogen) atoms. The summed E-state index contributed by atoms with van der Waals surface area (Å²) in [6, 6.07) is -0.733. The predicted octanol–water partition coefficient (Wildman–Crippen LogP) is -2.07. The number of nitrogens with zero attached hydrogens (tertiary/aromatic N) is 1. The Balaban J connectivity index is 2.16. The minimum atomic E-state index is -0.477.